The molecule has 0 aliphatic carbocycles. The minimum Gasteiger partial charge on any atom is -0.497 e. The number of hydrogen-bond acceptors (Lipinski definition) is 4. The van der Waals surface area contributed by atoms with Crippen molar-refractivity contribution in [2.45, 2.75) is 0 Å². The average Bonchev–Trinajstić information content (AvgIpc) is 2.61. The number of anilines is 1. The van der Waals surface area contributed by atoms with Gasteiger partial charge in [-0.1, -0.05) is 39.1 Å². The van der Waals surface area contributed by atoms with E-state index in [0.717, 1.165) is 4.90 Å². The minimum absolute atomic E-state index is 0.175. The number of amides is 4. The molecular formula is C18H11BrCl2N2O4. The van der Waals surface area contributed by atoms with Crippen LogP contribution in [0.15, 0.2) is 46.4 Å². The third-order valence-electron chi connectivity index (χ3n) is 3.70. The van der Waals surface area contributed by atoms with Crippen LogP contribution in [0.25, 0.3) is 6.08 Å². The van der Waals surface area contributed by atoms with Gasteiger partial charge in [0.15, 0.2) is 0 Å². The van der Waals surface area contributed by atoms with Crippen LogP contribution in [0.4, 0.5) is 10.5 Å². The van der Waals surface area contributed by atoms with Gasteiger partial charge in [0, 0.05) is 4.47 Å². The number of hydrogen-bond donors (Lipinski definition) is 1. The molecule has 0 atom stereocenters. The first-order chi connectivity index (χ1) is 12.8. The van der Waals surface area contributed by atoms with Crippen LogP contribution >= 0.6 is 39.1 Å². The van der Waals surface area contributed by atoms with Crippen molar-refractivity contribution in [1.82, 2.24) is 5.32 Å². The van der Waals surface area contributed by atoms with Gasteiger partial charge in [-0.3, -0.25) is 14.9 Å². The number of halogens is 3. The number of ether oxygens (including phenoxy) is 1. The standard InChI is InChI=1S/C18H11BrCl2N2O4/c1-27-12-5-9(4-10(19)7-12)6-13-16(24)22-18(26)23(17(13)25)11-2-3-14(20)15(21)8-11/h2-8H,1H3,(H,22,24,26)/b13-6+. The van der Waals surface area contributed by atoms with E-state index in [1.807, 2.05) is 0 Å². The molecule has 4 amide bonds. The largest absolute Gasteiger partial charge is 0.497 e. The smallest absolute Gasteiger partial charge is 0.335 e. The average molecular weight is 470 g/mol. The number of imide groups is 2. The van der Waals surface area contributed by atoms with Gasteiger partial charge in [-0.25, -0.2) is 9.69 Å². The molecule has 138 valence electrons. The molecule has 0 saturated carbocycles. The quantitative estimate of drug-likeness (QED) is 0.532. The van der Waals surface area contributed by atoms with Crippen molar-refractivity contribution in [3.8, 4) is 5.75 Å². The SMILES string of the molecule is COc1cc(Br)cc(/C=C2\C(=O)NC(=O)N(c3ccc(Cl)c(Cl)c3)C2=O)c1. The molecule has 9 heteroatoms. The molecular weight excluding hydrogens is 459 g/mol. The molecule has 0 unspecified atom stereocenters. The fourth-order valence-electron chi connectivity index (χ4n) is 2.47. The highest BCUT2D eigenvalue weighted by Crippen LogP contribution is 2.30. The maximum absolute atomic E-state index is 12.8. The number of nitrogens with one attached hydrogen (secondary N) is 1. The first-order valence-corrected chi connectivity index (χ1v) is 9.06. The van der Waals surface area contributed by atoms with Crippen LogP contribution in [0.3, 0.4) is 0 Å². The molecule has 6 nitrogen and oxygen atoms in total. The molecule has 1 heterocycles. The first-order valence-electron chi connectivity index (χ1n) is 7.51. The van der Waals surface area contributed by atoms with Crippen LogP contribution < -0.4 is 15.0 Å². The number of rotatable bonds is 3. The summed E-state index contributed by atoms with van der Waals surface area (Å²) in [6, 6.07) is 8.51. The van der Waals surface area contributed by atoms with Crippen molar-refractivity contribution >= 4 is 68.7 Å². The van der Waals surface area contributed by atoms with Crippen molar-refractivity contribution in [2.75, 3.05) is 12.0 Å². The zero-order chi connectivity index (χ0) is 19.7. The van der Waals surface area contributed by atoms with Gasteiger partial charge in [-0.15, -0.1) is 0 Å². The predicted octanol–water partition coefficient (Wildman–Crippen LogP) is 4.43. The Morgan fingerprint density at radius 3 is 2.48 bits per heavy atom. The molecule has 0 aromatic heterocycles. The second-order valence-corrected chi connectivity index (χ2v) is 7.21. The topological polar surface area (TPSA) is 75.7 Å². The second-order valence-electron chi connectivity index (χ2n) is 5.48. The molecule has 1 fully saturated rings. The van der Waals surface area contributed by atoms with E-state index < -0.39 is 17.8 Å². The summed E-state index contributed by atoms with van der Waals surface area (Å²) in [5, 5.41) is 2.60. The van der Waals surface area contributed by atoms with E-state index in [9.17, 15) is 14.4 Å². The lowest BCUT2D eigenvalue weighted by Gasteiger charge is -2.26. The third kappa shape index (κ3) is 4.00. The van der Waals surface area contributed by atoms with Gasteiger partial charge < -0.3 is 4.74 Å². The van der Waals surface area contributed by atoms with E-state index >= 15 is 0 Å². The van der Waals surface area contributed by atoms with Crippen LogP contribution in [0.2, 0.25) is 10.0 Å². The summed E-state index contributed by atoms with van der Waals surface area (Å²) in [5.41, 5.74) is 0.529. The Balaban J connectivity index is 2.04. The van der Waals surface area contributed by atoms with Crippen LogP contribution in [-0.4, -0.2) is 25.0 Å². The van der Waals surface area contributed by atoms with Crippen LogP contribution in [-0.2, 0) is 9.59 Å². The number of benzene rings is 2. The van der Waals surface area contributed by atoms with Crippen molar-refractivity contribution in [3.05, 3.63) is 62.1 Å². The molecule has 3 rings (SSSR count). The summed E-state index contributed by atoms with van der Waals surface area (Å²) >= 11 is 15.2. The lowest BCUT2D eigenvalue weighted by molar-refractivity contribution is -0.122. The molecule has 2 aromatic rings. The van der Waals surface area contributed by atoms with Gasteiger partial charge in [0.2, 0.25) is 0 Å². The number of barbiturate groups is 1. The van der Waals surface area contributed by atoms with Crippen LogP contribution in [0, 0.1) is 0 Å². The third-order valence-corrected chi connectivity index (χ3v) is 4.90. The Morgan fingerprint density at radius 2 is 1.81 bits per heavy atom. The van der Waals surface area contributed by atoms with Crippen LogP contribution in [0.5, 0.6) is 5.75 Å². The lowest BCUT2D eigenvalue weighted by atomic mass is 10.1. The predicted molar refractivity (Wildman–Crippen MR) is 106 cm³/mol. The Kier molecular flexibility index (Phi) is 5.55. The highest BCUT2D eigenvalue weighted by molar-refractivity contribution is 9.10. The molecule has 0 spiro atoms. The molecule has 2 aromatic carbocycles. The molecule has 1 N–H and O–H groups in total. The molecule has 1 aliphatic rings. The van der Waals surface area contributed by atoms with Crippen molar-refractivity contribution in [2.24, 2.45) is 0 Å². The number of carbonyl (C=O) groups is 3. The first kappa shape index (κ1) is 19.4. The summed E-state index contributed by atoms with van der Waals surface area (Å²) in [6.45, 7) is 0. The highest BCUT2D eigenvalue weighted by Gasteiger charge is 2.37. The van der Waals surface area contributed by atoms with E-state index in [1.165, 1.54) is 31.4 Å². The molecule has 27 heavy (non-hydrogen) atoms. The fraction of sp³-hybridized carbons (Fsp3) is 0.0556. The van der Waals surface area contributed by atoms with E-state index in [2.05, 4.69) is 21.2 Å². The zero-order valence-electron chi connectivity index (χ0n) is 13.8. The number of methoxy groups -OCH3 is 1. The van der Waals surface area contributed by atoms with E-state index in [-0.39, 0.29) is 21.3 Å². The van der Waals surface area contributed by atoms with E-state index in [4.69, 9.17) is 27.9 Å². The van der Waals surface area contributed by atoms with Crippen molar-refractivity contribution < 1.29 is 19.1 Å². The van der Waals surface area contributed by atoms with Crippen molar-refractivity contribution in [3.63, 3.8) is 0 Å². The Labute approximate surface area is 172 Å². The van der Waals surface area contributed by atoms with E-state index in [0.29, 0.717) is 15.8 Å². The van der Waals surface area contributed by atoms with Gasteiger partial charge in [-0.2, -0.15) is 0 Å². The van der Waals surface area contributed by atoms with Gasteiger partial charge in [-0.05, 0) is 48.0 Å². The van der Waals surface area contributed by atoms with Gasteiger partial charge in [0.1, 0.15) is 11.3 Å². The summed E-state index contributed by atoms with van der Waals surface area (Å²) in [6.07, 6.45) is 1.38. The highest BCUT2D eigenvalue weighted by atomic mass is 79.9. The molecule has 1 saturated heterocycles. The fourth-order valence-corrected chi connectivity index (χ4v) is 3.25. The van der Waals surface area contributed by atoms with Gasteiger partial charge >= 0.3 is 6.03 Å². The second kappa shape index (κ2) is 7.72. The molecule has 0 bridgehead atoms. The number of nitrogens with zero attached hydrogens (tertiary/aromatic N) is 1. The van der Waals surface area contributed by atoms with Crippen molar-refractivity contribution in [1.29, 1.82) is 0 Å². The monoisotopic (exact) mass is 468 g/mol. The Bertz CT molecular complexity index is 1010. The molecule has 1 aliphatic heterocycles. The van der Waals surface area contributed by atoms with Gasteiger partial charge in [0.25, 0.3) is 11.8 Å². The Morgan fingerprint density at radius 1 is 1.07 bits per heavy atom. The number of urea groups is 1. The summed E-state index contributed by atoms with van der Waals surface area (Å²) in [5.74, 6) is -1.03. The van der Waals surface area contributed by atoms with Gasteiger partial charge in [0.05, 0.1) is 22.8 Å². The molecule has 0 radical (unpaired) electrons. The Hall–Kier alpha value is -2.35. The summed E-state index contributed by atoms with van der Waals surface area (Å²) < 4.78 is 5.88. The van der Waals surface area contributed by atoms with Crippen LogP contribution in [0.1, 0.15) is 5.56 Å². The lowest BCUT2D eigenvalue weighted by Crippen LogP contribution is -2.54. The summed E-state index contributed by atoms with van der Waals surface area (Å²) in [4.78, 5) is 38.1. The minimum atomic E-state index is -0.868. The number of carbonyl (C=O) groups excluding carboxylic acids is 3. The maximum atomic E-state index is 12.8. The normalized spacial score (nSPS) is 15.9. The maximum Gasteiger partial charge on any atom is 0.335 e. The zero-order valence-corrected chi connectivity index (χ0v) is 16.9. The van der Waals surface area contributed by atoms with E-state index in [1.54, 1.807) is 18.2 Å². The summed E-state index contributed by atoms with van der Waals surface area (Å²) in [7, 11) is 1.50.